The fourth-order valence-corrected chi connectivity index (χ4v) is 5.48. The molecule has 0 bridgehead atoms. The summed E-state index contributed by atoms with van der Waals surface area (Å²) in [6.45, 7) is 1.03. The number of hydrogen-bond donors (Lipinski definition) is 1. The van der Waals surface area contributed by atoms with Crippen LogP contribution in [0.3, 0.4) is 0 Å². The molecule has 0 spiro atoms. The molecule has 1 saturated heterocycles. The van der Waals surface area contributed by atoms with Crippen molar-refractivity contribution in [1.82, 2.24) is 9.62 Å². The smallest absolute Gasteiger partial charge is 0.243 e. The van der Waals surface area contributed by atoms with E-state index in [0.717, 1.165) is 16.3 Å². The normalized spacial score (nSPS) is 17.4. The highest BCUT2D eigenvalue weighted by Crippen LogP contribution is 2.25. The molecular weight excluding hydrogens is 412 g/mol. The number of sulfonamides is 1. The van der Waals surface area contributed by atoms with Gasteiger partial charge < -0.3 is 10.1 Å². The summed E-state index contributed by atoms with van der Waals surface area (Å²) < 4.78 is 32.5. The van der Waals surface area contributed by atoms with Crippen LogP contribution in [0.5, 0.6) is 5.75 Å². The molecular formula is C24H26N2O4S. The second-order valence-corrected chi connectivity index (χ2v) is 9.71. The second-order valence-electron chi connectivity index (χ2n) is 7.78. The summed E-state index contributed by atoms with van der Waals surface area (Å²) >= 11 is 0. The largest absolute Gasteiger partial charge is 0.497 e. The first kappa shape index (κ1) is 21.3. The maximum Gasteiger partial charge on any atom is 0.243 e. The summed E-state index contributed by atoms with van der Waals surface area (Å²) in [5.41, 5.74) is 1.02. The lowest BCUT2D eigenvalue weighted by atomic mass is 9.98. The number of methoxy groups -OCH3 is 1. The predicted octanol–water partition coefficient (Wildman–Crippen LogP) is 3.57. The van der Waals surface area contributed by atoms with Crippen LogP contribution in [-0.2, 0) is 21.4 Å². The third kappa shape index (κ3) is 4.73. The third-order valence-electron chi connectivity index (χ3n) is 5.73. The molecule has 31 heavy (non-hydrogen) atoms. The summed E-state index contributed by atoms with van der Waals surface area (Å²) in [5.74, 6) is 0.133. The zero-order valence-electron chi connectivity index (χ0n) is 17.5. The number of piperidine rings is 1. The molecule has 1 aliphatic heterocycles. The van der Waals surface area contributed by atoms with Crippen LogP contribution in [0.4, 0.5) is 0 Å². The van der Waals surface area contributed by atoms with Gasteiger partial charge in [0.25, 0.3) is 0 Å². The molecule has 7 heteroatoms. The van der Waals surface area contributed by atoms with Gasteiger partial charge in [-0.05, 0) is 59.5 Å². The first-order chi connectivity index (χ1) is 15.0. The van der Waals surface area contributed by atoms with Gasteiger partial charge in [0.15, 0.2) is 0 Å². The van der Waals surface area contributed by atoms with Crippen LogP contribution in [-0.4, -0.2) is 38.8 Å². The lowest BCUT2D eigenvalue weighted by Crippen LogP contribution is -2.45. The zero-order valence-corrected chi connectivity index (χ0v) is 18.3. The fraction of sp³-hybridized carbons (Fsp3) is 0.292. The van der Waals surface area contributed by atoms with Gasteiger partial charge in [-0.2, -0.15) is 4.31 Å². The standard InChI is InChI=1S/C24H26N2O4S/c1-30-22-10-12-23(13-11-22)31(28,29)26-14-4-7-21(17-26)24(27)25-16-18-8-9-19-5-2-3-6-20(19)15-18/h2-3,5-6,8-13,15,21H,4,7,14,16-17H2,1H3,(H,25,27)/t21-/m0/s1. The van der Waals surface area contributed by atoms with Crippen LogP contribution in [0.1, 0.15) is 18.4 Å². The monoisotopic (exact) mass is 438 g/mol. The second kappa shape index (κ2) is 9.08. The number of nitrogens with zero attached hydrogens (tertiary/aromatic N) is 1. The van der Waals surface area contributed by atoms with Gasteiger partial charge in [-0.25, -0.2) is 8.42 Å². The molecule has 1 amide bonds. The van der Waals surface area contributed by atoms with Crippen LogP contribution in [0.2, 0.25) is 0 Å². The first-order valence-corrected chi connectivity index (χ1v) is 11.8. The molecule has 1 heterocycles. The molecule has 0 unspecified atom stereocenters. The maximum absolute atomic E-state index is 13.0. The van der Waals surface area contributed by atoms with E-state index in [1.807, 2.05) is 30.3 Å². The topological polar surface area (TPSA) is 75.7 Å². The van der Waals surface area contributed by atoms with E-state index in [4.69, 9.17) is 4.74 Å². The number of benzene rings is 3. The molecule has 6 nitrogen and oxygen atoms in total. The van der Waals surface area contributed by atoms with Gasteiger partial charge in [0.05, 0.1) is 17.9 Å². The minimum absolute atomic E-state index is 0.109. The van der Waals surface area contributed by atoms with E-state index in [1.165, 1.54) is 23.5 Å². The molecule has 162 valence electrons. The summed E-state index contributed by atoms with van der Waals surface area (Å²) in [7, 11) is -2.11. The van der Waals surface area contributed by atoms with Crippen LogP contribution < -0.4 is 10.1 Å². The maximum atomic E-state index is 13.0. The number of carbonyl (C=O) groups excluding carboxylic acids is 1. The van der Waals surface area contributed by atoms with Gasteiger partial charge in [-0.1, -0.05) is 36.4 Å². The van der Waals surface area contributed by atoms with E-state index >= 15 is 0 Å². The lowest BCUT2D eigenvalue weighted by Gasteiger charge is -2.31. The van der Waals surface area contributed by atoms with Crippen molar-refractivity contribution >= 4 is 26.7 Å². The Bertz CT molecular complexity index is 1180. The Labute approximate surface area is 182 Å². The SMILES string of the molecule is COc1ccc(S(=O)(=O)N2CCC[C@H](C(=O)NCc3ccc4ccccc4c3)C2)cc1. The highest BCUT2D eigenvalue weighted by Gasteiger charge is 2.33. The highest BCUT2D eigenvalue weighted by molar-refractivity contribution is 7.89. The lowest BCUT2D eigenvalue weighted by molar-refractivity contribution is -0.126. The van der Waals surface area contributed by atoms with E-state index < -0.39 is 10.0 Å². The quantitative estimate of drug-likeness (QED) is 0.639. The molecule has 1 N–H and O–H groups in total. The van der Waals surface area contributed by atoms with E-state index in [1.54, 1.807) is 12.1 Å². The highest BCUT2D eigenvalue weighted by atomic mass is 32.2. The van der Waals surface area contributed by atoms with Crippen LogP contribution >= 0.6 is 0 Å². The number of nitrogens with one attached hydrogen (secondary N) is 1. The first-order valence-electron chi connectivity index (χ1n) is 10.4. The average Bonchev–Trinajstić information content (AvgIpc) is 2.82. The van der Waals surface area contributed by atoms with Gasteiger partial charge in [0, 0.05) is 19.6 Å². The Morgan fingerprint density at radius 1 is 1.06 bits per heavy atom. The molecule has 4 rings (SSSR count). The third-order valence-corrected chi connectivity index (χ3v) is 7.61. The van der Waals surface area contributed by atoms with E-state index in [2.05, 4.69) is 17.4 Å². The number of amides is 1. The summed E-state index contributed by atoms with van der Waals surface area (Å²) in [6, 6.07) is 20.5. The predicted molar refractivity (Wildman–Crippen MR) is 120 cm³/mol. The van der Waals surface area contributed by atoms with Crippen LogP contribution in [0, 0.1) is 5.92 Å². The molecule has 3 aromatic carbocycles. The number of rotatable bonds is 6. The van der Waals surface area contributed by atoms with Gasteiger partial charge in [-0.3, -0.25) is 4.79 Å². The van der Waals surface area contributed by atoms with Crippen LogP contribution in [0.15, 0.2) is 71.6 Å². The number of fused-ring (bicyclic) bond motifs is 1. The molecule has 1 fully saturated rings. The van der Waals surface area contributed by atoms with Gasteiger partial charge >= 0.3 is 0 Å². The van der Waals surface area contributed by atoms with Crippen molar-refractivity contribution in [2.24, 2.45) is 5.92 Å². The fourth-order valence-electron chi connectivity index (χ4n) is 3.95. The Kier molecular flexibility index (Phi) is 6.25. The van der Waals surface area contributed by atoms with E-state index in [9.17, 15) is 13.2 Å². The van der Waals surface area contributed by atoms with Crippen molar-refractivity contribution in [2.45, 2.75) is 24.3 Å². The van der Waals surface area contributed by atoms with Crippen molar-refractivity contribution in [2.75, 3.05) is 20.2 Å². The molecule has 0 radical (unpaired) electrons. The van der Waals surface area contributed by atoms with Crippen molar-refractivity contribution in [1.29, 1.82) is 0 Å². The molecule has 3 aromatic rings. The zero-order chi connectivity index (χ0) is 21.8. The summed E-state index contributed by atoms with van der Waals surface area (Å²) in [4.78, 5) is 13.0. The molecule has 1 atom stereocenters. The number of ether oxygens (including phenoxy) is 1. The van der Waals surface area contributed by atoms with Crippen molar-refractivity contribution in [3.05, 3.63) is 72.3 Å². The van der Waals surface area contributed by atoms with Gasteiger partial charge in [0.1, 0.15) is 5.75 Å². The molecule has 1 aliphatic rings. The Morgan fingerprint density at radius 3 is 2.55 bits per heavy atom. The van der Waals surface area contributed by atoms with Crippen LogP contribution in [0.25, 0.3) is 10.8 Å². The molecule has 0 aromatic heterocycles. The number of carbonyl (C=O) groups is 1. The summed E-state index contributed by atoms with van der Waals surface area (Å²) in [6.07, 6.45) is 1.33. The Balaban J connectivity index is 1.40. The Hall–Kier alpha value is -2.90. The average molecular weight is 439 g/mol. The van der Waals surface area contributed by atoms with E-state index in [0.29, 0.717) is 31.7 Å². The minimum Gasteiger partial charge on any atom is -0.497 e. The summed E-state index contributed by atoms with van der Waals surface area (Å²) in [5, 5.41) is 5.27. The van der Waals surface area contributed by atoms with Crippen molar-refractivity contribution < 1.29 is 17.9 Å². The molecule has 0 aliphatic carbocycles. The van der Waals surface area contributed by atoms with E-state index in [-0.39, 0.29) is 23.3 Å². The van der Waals surface area contributed by atoms with Crippen molar-refractivity contribution in [3.63, 3.8) is 0 Å². The van der Waals surface area contributed by atoms with Gasteiger partial charge in [0.2, 0.25) is 15.9 Å². The number of hydrogen-bond acceptors (Lipinski definition) is 4. The van der Waals surface area contributed by atoms with Gasteiger partial charge in [-0.15, -0.1) is 0 Å². The molecule has 0 saturated carbocycles. The van der Waals surface area contributed by atoms with Crippen molar-refractivity contribution in [3.8, 4) is 5.75 Å². The minimum atomic E-state index is -3.65. The Morgan fingerprint density at radius 2 is 1.81 bits per heavy atom.